The Labute approximate surface area is 109 Å². The van der Waals surface area contributed by atoms with Gasteiger partial charge in [-0.25, -0.2) is 4.79 Å². The van der Waals surface area contributed by atoms with Crippen molar-refractivity contribution in [3.63, 3.8) is 0 Å². The summed E-state index contributed by atoms with van der Waals surface area (Å²) >= 11 is 0. The second-order valence-corrected chi connectivity index (χ2v) is 5.03. The molecule has 0 bridgehead atoms. The molecular weight excluding hydrogens is 230 g/mol. The predicted molar refractivity (Wildman–Crippen MR) is 70.5 cm³/mol. The molecule has 1 aromatic rings. The van der Waals surface area contributed by atoms with Crippen molar-refractivity contribution in [2.75, 3.05) is 13.7 Å². The molecular formula is C14H23NO3. The molecule has 0 spiro atoms. The van der Waals surface area contributed by atoms with Crippen molar-refractivity contribution in [2.24, 2.45) is 11.8 Å². The van der Waals surface area contributed by atoms with E-state index in [1.165, 1.54) is 7.11 Å². The zero-order chi connectivity index (χ0) is 13.7. The fourth-order valence-electron chi connectivity index (χ4n) is 1.60. The van der Waals surface area contributed by atoms with Gasteiger partial charge < -0.3 is 14.5 Å². The first-order chi connectivity index (χ1) is 8.45. The summed E-state index contributed by atoms with van der Waals surface area (Å²) in [5.41, 5.74) is 0.506. The quantitative estimate of drug-likeness (QED) is 0.792. The van der Waals surface area contributed by atoms with Gasteiger partial charge in [0.05, 0.1) is 13.7 Å². The largest absolute Gasteiger partial charge is 0.465 e. The summed E-state index contributed by atoms with van der Waals surface area (Å²) in [6, 6.07) is 1.74. The van der Waals surface area contributed by atoms with Crippen molar-refractivity contribution in [2.45, 2.75) is 34.2 Å². The number of furan rings is 1. The number of hydrogen-bond acceptors (Lipinski definition) is 4. The second-order valence-electron chi connectivity index (χ2n) is 5.03. The molecule has 0 aliphatic rings. The highest BCUT2D eigenvalue weighted by Gasteiger charge is 2.15. The first-order valence-corrected chi connectivity index (χ1v) is 6.34. The van der Waals surface area contributed by atoms with Crippen LogP contribution in [-0.2, 0) is 11.3 Å². The number of rotatable bonds is 6. The van der Waals surface area contributed by atoms with Gasteiger partial charge in [0, 0.05) is 0 Å². The number of aryl methyl sites for hydroxylation is 1. The average Bonchev–Trinajstić information content (AvgIpc) is 2.69. The number of carbonyl (C=O) groups excluding carboxylic acids is 1. The van der Waals surface area contributed by atoms with Gasteiger partial charge in [-0.3, -0.25) is 0 Å². The molecule has 0 fully saturated rings. The zero-order valence-electron chi connectivity index (χ0n) is 11.9. The minimum absolute atomic E-state index is 0.349. The van der Waals surface area contributed by atoms with Crippen molar-refractivity contribution in [3.05, 3.63) is 23.2 Å². The van der Waals surface area contributed by atoms with Gasteiger partial charge in [0.1, 0.15) is 17.1 Å². The summed E-state index contributed by atoms with van der Waals surface area (Å²) in [7, 11) is 1.37. The van der Waals surface area contributed by atoms with Crippen molar-refractivity contribution >= 4 is 5.97 Å². The molecule has 0 aliphatic carbocycles. The zero-order valence-corrected chi connectivity index (χ0v) is 11.9. The third kappa shape index (κ3) is 3.88. The van der Waals surface area contributed by atoms with Gasteiger partial charge in [-0.2, -0.15) is 0 Å². The first-order valence-electron chi connectivity index (χ1n) is 6.34. The van der Waals surface area contributed by atoms with E-state index in [2.05, 4.69) is 30.8 Å². The number of carbonyl (C=O) groups is 1. The minimum Gasteiger partial charge on any atom is -0.465 e. The van der Waals surface area contributed by atoms with Crippen LogP contribution in [0.15, 0.2) is 10.5 Å². The van der Waals surface area contributed by atoms with Crippen LogP contribution in [0.1, 0.15) is 42.6 Å². The lowest BCUT2D eigenvalue weighted by Crippen LogP contribution is -2.23. The van der Waals surface area contributed by atoms with Gasteiger partial charge in [-0.05, 0) is 31.4 Å². The van der Waals surface area contributed by atoms with Crippen molar-refractivity contribution < 1.29 is 13.9 Å². The Morgan fingerprint density at radius 1 is 1.44 bits per heavy atom. The van der Waals surface area contributed by atoms with Crippen LogP contribution in [0.5, 0.6) is 0 Å². The van der Waals surface area contributed by atoms with E-state index >= 15 is 0 Å². The number of hydrogen-bond donors (Lipinski definition) is 1. The molecule has 0 aromatic carbocycles. The average molecular weight is 253 g/mol. The normalized spacial score (nSPS) is 12.8. The molecule has 4 heteroatoms. The second kappa shape index (κ2) is 6.59. The number of nitrogens with one attached hydrogen (secondary N) is 1. The lowest BCUT2D eigenvalue weighted by atomic mass is 9.98. The molecule has 0 amide bonds. The van der Waals surface area contributed by atoms with E-state index in [0.717, 1.165) is 12.3 Å². The smallest absolute Gasteiger partial charge is 0.341 e. The Morgan fingerprint density at radius 2 is 2.11 bits per heavy atom. The van der Waals surface area contributed by atoms with Crippen LogP contribution in [0.25, 0.3) is 0 Å². The summed E-state index contributed by atoms with van der Waals surface area (Å²) in [6.07, 6.45) is 0. The summed E-state index contributed by atoms with van der Waals surface area (Å²) in [5, 5.41) is 3.33. The molecule has 0 aliphatic heterocycles. The van der Waals surface area contributed by atoms with E-state index in [-0.39, 0.29) is 5.97 Å². The van der Waals surface area contributed by atoms with Gasteiger partial charge in [0.2, 0.25) is 0 Å². The van der Waals surface area contributed by atoms with E-state index in [0.29, 0.717) is 29.7 Å². The maximum absolute atomic E-state index is 11.4. The maximum atomic E-state index is 11.4. The Morgan fingerprint density at radius 3 is 2.67 bits per heavy atom. The van der Waals surface area contributed by atoms with Crippen LogP contribution in [-0.4, -0.2) is 19.6 Å². The van der Waals surface area contributed by atoms with Gasteiger partial charge in [-0.15, -0.1) is 0 Å². The van der Waals surface area contributed by atoms with Crippen LogP contribution in [0.4, 0.5) is 0 Å². The van der Waals surface area contributed by atoms with E-state index in [1.54, 1.807) is 13.0 Å². The number of esters is 1. The van der Waals surface area contributed by atoms with Gasteiger partial charge in [0.25, 0.3) is 0 Å². The fourth-order valence-corrected chi connectivity index (χ4v) is 1.60. The SMILES string of the molecule is COC(=O)c1cc(CNCC(C)C(C)C)oc1C. The van der Waals surface area contributed by atoms with Gasteiger partial charge in [-0.1, -0.05) is 20.8 Å². The summed E-state index contributed by atoms with van der Waals surface area (Å²) in [5.74, 6) is 2.29. The molecule has 1 aromatic heterocycles. The lowest BCUT2D eigenvalue weighted by molar-refractivity contribution is 0.0599. The molecule has 1 unspecified atom stereocenters. The predicted octanol–water partition coefficient (Wildman–Crippen LogP) is 2.76. The van der Waals surface area contributed by atoms with Crippen LogP contribution >= 0.6 is 0 Å². The number of ether oxygens (including phenoxy) is 1. The molecule has 0 saturated heterocycles. The molecule has 1 atom stereocenters. The molecule has 1 rings (SSSR count). The van der Waals surface area contributed by atoms with Crippen molar-refractivity contribution in [3.8, 4) is 0 Å². The molecule has 4 nitrogen and oxygen atoms in total. The van der Waals surface area contributed by atoms with Gasteiger partial charge >= 0.3 is 5.97 Å². The topological polar surface area (TPSA) is 51.5 Å². The molecule has 1 N–H and O–H groups in total. The highest BCUT2D eigenvalue weighted by Crippen LogP contribution is 2.16. The van der Waals surface area contributed by atoms with E-state index in [1.807, 2.05) is 0 Å². The summed E-state index contributed by atoms with van der Waals surface area (Å²) in [4.78, 5) is 11.4. The summed E-state index contributed by atoms with van der Waals surface area (Å²) < 4.78 is 10.2. The van der Waals surface area contributed by atoms with E-state index in [9.17, 15) is 4.79 Å². The monoisotopic (exact) mass is 253 g/mol. The van der Waals surface area contributed by atoms with Crippen LogP contribution < -0.4 is 5.32 Å². The van der Waals surface area contributed by atoms with Crippen LogP contribution in [0.2, 0.25) is 0 Å². The Kier molecular flexibility index (Phi) is 5.41. The summed E-state index contributed by atoms with van der Waals surface area (Å²) in [6.45, 7) is 9.97. The Hall–Kier alpha value is -1.29. The highest BCUT2D eigenvalue weighted by atomic mass is 16.5. The first kappa shape index (κ1) is 14.8. The third-order valence-corrected chi connectivity index (χ3v) is 3.28. The van der Waals surface area contributed by atoms with Crippen molar-refractivity contribution in [1.82, 2.24) is 5.32 Å². The van der Waals surface area contributed by atoms with E-state index in [4.69, 9.17) is 4.42 Å². The van der Waals surface area contributed by atoms with E-state index < -0.39 is 0 Å². The third-order valence-electron chi connectivity index (χ3n) is 3.28. The van der Waals surface area contributed by atoms with Crippen LogP contribution in [0, 0.1) is 18.8 Å². The molecule has 102 valence electrons. The number of methoxy groups -OCH3 is 1. The maximum Gasteiger partial charge on any atom is 0.341 e. The van der Waals surface area contributed by atoms with Crippen molar-refractivity contribution in [1.29, 1.82) is 0 Å². The molecule has 0 saturated carbocycles. The molecule has 1 heterocycles. The van der Waals surface area contributed by atoms with Gasteiger partial charge in [0.15, 0.2) is 0 Å². The standard InChI is InChI=1S/C14H23NO3/c1-9(2)10(3)7-15-8-12-6-13(11(4)18-12)14(16)17-5/h6,9-10,15H,7-8H2,1-5H3. The molecule has 0 radical (unpaired) electrons. The Balaban J connectivity index is 2.51. The van der Waals surface area contributed by atoms with Crippen LogP contribution in [0.3, 0.4) is 0 Å². The minimum atomic E-state index is -0.349. The fraction of sp³-hybridized carbons (Fsp3) is 0.643. The molecule has 18 heavy (non-hydrogen) atoms. The lowest BCUT2D eigenvalue weighted by Gasteiger charge is -2.15. The Bertz CT molecular complexity index is 396. The highest BCUT2D eigenvalue weighted by molar-refractivity contribution is 5.90.